The van der Waals surface area contributed by atoms with Crippen molar-refractivity contribution in [3.8, 4) is 0 Å². The van der Waals surface area contributed by atoms with Gasteiger partial charge >= 0.3 is 12.1 Å². The fraction of sp³-hybridized carbons (Fsp3) is 0.706. The summed E-state index contributed by atoms with van der Waals surface area (Å²) in [7, 11) is 0. The second kappa shape index (κ2) is 10.3. The Morgan fingerprint density at radius 1 is 1.24 bits per heavy atom. The lowest BCUT2D eigenvalue weighted by Crippen LogP contribution is -2.54. The van der Waals surface area contributed by atoms with Gasteiger partial charge in [-0.25, -0.2) is 9.59 Å². The lowest BCUT2D eigenvalue weighted by Gasteiger charge is -2.32. The van der Waals surface area contributed by atoms with Gasteiger partial charge in [0.2, 0.25) is 11.8 Å². The molecule has 29 heavy (non-hydrogen) atoms. The van der Waals surface area contributed by atoms with Crippen LogP contribution in [0.4, 0.5) is 4.79 Å². The van der Waals surface area contributed by atoms with Crippen LogP contribution in [-0.4, -0.2) is 46.7 Å². The summed E-state index contributed by atoms with van der Waals surface area (Å²) < 4.78 is 10.1. The van der Waals surface area contributed by atoms with Gasteiger partial charge < -0.3 is 37.5 Å². The number of primary amides is 2. The van der Waals surface area contributed by atoms with Gasteiger partial charge in [-0.3, -0.25) is 4.79 Å². The Kier molecular flexibility index (Phi) is 8.05. The second-order valence-corrected chi connectivity index (χ2v) is 7.15. The summed E-state index contributed by atoms with van der Waals surface area (Å²) in [6, 6.07) is -0.458. The molecule has 1 aliphatic heterocycles. The zero-order chi connectivity index (χ0) is 21.4. The molecule has 0 radical (unpaired) electrons. The van der Waals surface area contributed by atoms with Crippen LogP contribution >= 0.6 is 0 Å². The fourth-order valence-electron chi connectivity index (χ4n) is 3.61. The van der Waals surface area contributed by atoms with Crippen molar-refractivity contribution < 1.29 is 23.6 Å². The van der Waals surface area contributed by atoms with Crippen LogP contribution in [0.25, 0.3) is 0 Å². The molecule has 0 bridgehead atoms. The summed E-state index contributed by atoms with van der Waals surface area (Å²) in [5.74, 6) is -1.75. The van der Waals surface area contributed by atoms with Crippen molar-refractivity contribution >= 4 is 18.0 Å². The van der Waals surface area contributed by atoms with Gasteiger partial charge in [-0.15, -0.1) is 0 Å². The Morgan fingerprint density at radius 3 is 2.59 bits per heavy atom. The average molecular weight is 411 g/mol. The van der Waals surface area contributed by atoms with Gasteiger partial charge in [-0.1, -0.05) is 11.6 Å². The van der Waals surface area contributed by atoms with Crippen LogP contribution in [-0.2, 0) is 14.3 Å². The first-order chi connectivity index (χ1) is 13.8. The third-order valence-corrected chi connectivity index (χ3v) is 5.08. The molecule has 0 aliphatic carbocycles. The average Bonchev–Trinajstić information content (AvgIpc) is 3.32. The predicted octanol–water partition coefficient (Wildman–Crippen LogP) is -0.708. The normalized spacial score (nSPS) is 20.9. The molecule has 1 aromatic rings. The molecule has 2 amide bonds. The number of amides is 2. The summed E-state index contributed by atoms with van der Waals surface area (Å²) in [5.41, 5.74) is 20.6. The standard InChI is InChI=1S/C17H29N7O5/c18-8-2-1-4-11(19)13-23-14(29-24-13)10(5-6-12(20)25)17(7-3-9-22-17)15(26)28-16(21)27/h10-11,22H,1-9,18-19H2,(H2,20,25)(H2,21,27)/t10-,11+,17-/m1/s1. The Hall–Kier alpha value is -2.57. The van der Waals surface area contributed by atoms with Crippen molar-refractivity contribution in [3.05, 3.63) is 11.7 Å². The molecule has 2 rings (SSSR count). The molecular weight excluding hydrogens is 382 g/mol. The third kappa shape index (κ3) is 5.71. The van der Waals surface area contributed by atoms with Gasteiger partial charge in [0.1, 0.15) is 5.54 Å². The van der Waals surface area contributed by atoms with Crippen molar-refractivity contribution in [3.63, 3.8) is 0 Å². The number of nitrogens with zero attached hydrogens (tertiary/aromatic N) is 2. The van der Waals surface area contributed by atoms with E-state index in [4.69, 9.17) is 27.5 Å². The number of carbonyl (C=O) groups is 3. The van der Waals surface area contributed by atoms with E-state index in [9.17, 15) is 14.4 Å². The van der Waals surface area contributed by atoms with Crippen LogP contribution in [0.5, 0.6) is 0 Å². The highest BCUT2D eigenvalue weighted by Gasteiger charge is 2.52. The topological polar surface area (TPSA) is 215 Å². The first kappa shape index (κ1) is 22.7. The first-order valence-electron chi connectivity index (χ1n) is 9.64. The van der Waals surface area contributed by atoms with E-state index in [1.54, 1.807) is 0 Å². The Morgan fingerprint density at radius 2 is 2.00 bits per heavy atom. The zero-order valence-corrected chi connectivity index (χ0v) is 16.3. The highest BCUT2D eigenvalue weighted by molar-refractivity contribution is 5.91. The lowest BCUT2D eigenvalue weighted by atomic mass is 9.79. The van der Waals surface area contributed by atoms with Crippen LogP contribution in [0.2, 0.25) is 0 Å². The number of unbranched alkanes of at least 4 members (excludes halogenated alkanes) is 1. The summed E-state index contributed by atoms with van der Waals surface area (Å²) in [4.78, 5) is 39.6. The number of nitrogens with one attached hydrogen (secondary N) is 1. The number of aromatic nitrogens is 2. The molecule has 9 N–H and O–H groups in total. The molecule has 162 valence electrons. The molecule has 0 spiro atoms. The zero-order valence-electron chi connectivity index (χ0n) is 16.3. The number of esters is 1. The number of hydrogen-bond donors (Lipinski definition) is 5. The van der Waals surface area contributed by atoms with Gasteiger partial charge in [0, 0.05) is 6.42 Å². The van der Waals surface area contributed by atoms with Crippen LogP contribution in [0, 0.1) is 0 Å². The van der Waals surface area contributed by atoms with Crippen molar-refractivity contribution in [2.24, 2.45) is 22.9 Å². The summed E-state index contributed by atoms with van der Waals surface area (Å²) >= 11 is 0. The smallest absolute Gasteiger partial charge is 0.375 e. The number of nitrogens with two attached hydrogens (primary N) is 4. The van der Waals surface area contributed by atoms with Crippen LogP contribution in [0.3, 0.4) is 0 Å². The van der Waals surface area contributed by atoms with E-state index in [2.05, 4.69) is 20.2 Å². The summed E-state index contributed by atoms with van der Waals surface area (Å²) in [6.07, 6.45) is 2.12. The molecular formula is C17H29N7O5. The molecule has 0 aromatic carbocycles. The van der Waals surface area contributed by atoms with E-state index in [0.29, 0.717) is 32.4 Å². The Bertz CT molecular complexity index is 717. The maximum Gasteiger partial charge on any atom is 0.412 e. The molecule has 3 atom stereocenters. The molecule has 0 unspecified atom stereocenters. The molecule has 12 nitrogen and oxygen atoms in total. The summed E-state index contributed by atoms with van der Waals surface area (Å²) in [6.45, 7) is 1.07. The second-order valence-electron chi connectivity index (χ2n) is 7.15. The molecule has 1 fully saturated rings. The molecule has 1 aromatic heterocycles. The van der Waals surface area contributed by atoms with E-state index in [1.165, 1.54) is 0 Å². The Labute approximate surface area is 168 Å². The number of ether oxygens (including phenoxy) is 1. The number of carbonyl (C=O) groups excluding carboxylic acids is 3. The largest absolute Gasteiger partial charge is 0.412 e. The number of rotatable bonds is 11. The van der Waals surface area contributed by atoms with Crippen molar-refractivity contribution in [2.75, 3.05) is 13.1 Å². The maximum atomic E-state index is 12.7. The Balaban J connectivity index is 2.30. The molecule has 2 heterocycles. The van der Waals surface area contributed by atoms with E-state index in [-0.39, 0.29) is 24.6 Å². The van der Waals surface area contributed by atoms with Gasteiger partial charge in [-0.2, -0.15) is 4.98 Å². The molecule has 1 saturated heterocycles. The van der Waals surface area contributed by atoms with Gasteiger partial charge in [0.25, 0.3) is 0 Å². The SMILES string of the molecule is NCCCC[C@H](N)c1noc([C@@H](CCC(N)=O)[C@@]2(C(=O)OC(N)=O)CCCN2)n1. The number of hydrogen-bond acceptors (Lipinski definition) is 10. The third-order valence-electron chi connectivity index (χ3n) is 5.08. The van der Waals surface area contributed by atoms with Crippen molar-refractivity contribution in [2.45, 2.75) is 62.4 Å². The van der Waals surface area contributed by atoms with Crippen molar-refractivity contribution in [1.29, 1.82) is 0 Å². The highest BCUT2D eigenvalue weighted by atomic mass is 16.6. The molecule has 1 aliphatic rings. The van der Waals surface area contributed by atoms with E-state index >= 15 is 0 Å². The van der Waals surface area contributed by atoms with Gasteiger partial charge in [-0.05, 0) is 45.2 Å². The lowest BCUT2D eigenvalue weighted by molar-refractivity contribution is -0.146. The van der Waals surface area contributed by atoms with Gasteiger partial charge in [0.15, 0.2) is 5.82 Å². The monoisotopic (exact) mass is 411 g/mol. The van der Waals surface area contributed by atoms with Crippen LogP contribution in [0.15, 0.2) is 4.52 Å². The van der Waals surface area contributed by atoms with Crippen LogP contribution in [0.1, 0.15) is 68.6 Å². The minimum Gasteiger partial charge on any atom is -0.375 e. The maximum absolute atomic E-state index is 12.7. The predicted molar refractivity (Wildman–Crippen MR) is 101 cm³/mol. The quantitative estimate of drug-likeness (QED) is 0.175. The molecule has 12 heteroatoms. The van der Waals surface area contributed by atoms with E-state index < -0.39 is 35.5 Å². The first-order valence-corrected chi connectivity index (χ1v) is 9.64. The summed E-state index contributed by atoms with van der Waals surface area (Å²) in [5, 5.41) is 7.01. The fourth-order valence-corrected chi connectivity index (χ4v) is 3.61. The van der Waals surface area contributed by atoms with Gasteiger partial charge in [0.05, 0.1) is 12.0 Å². The van der Waals surface area contributed by atoms with Crippen LogP contribution < -0.4 is 28.3 Å². The van der Waals surface area contributed by atoms with Crippen molar-refractivity contribution in [1.82, 2.24) is 15.5 Å². The minimum atomic E-state index is -1.34. The highest BCUT2D eigenvalue weighted by Crippen LogP contribution is 2.39. The minimum absolute atomic E-state index is 0.0295. The van der Waals surface area contributed by atoms with E-state index in [1.807, 2.05) is 0 Å². The van der Waals surface area contributed by atoms with E-state index in [0.717, 1.165) is 12.8 Å². The molecule has 0 saturated carbocycles.